The highest BCUT2D eigenvalue weighted by Gasteiger charge is 2.22. The van der Waals surface area contributed by atoms with Crippen molar-refractivity contribution >= 4 is 11.8 Å². The smallest absolute Gasteiger partial charge is 0.255 e. The number of nitrogens with zero attached hydrogens (tertiary/aromatic N) is 2. The Morgan fingerprint density at radius 3 is 3.09 bits per heavy atom. The fourth-order valence-electron chi connectivity index (χ4n) is 2.49. The molecule has 2 unspecified atom stereocenters. The van der Waals surface area contributed by atoms with E-state index in [2.05, 4.69) is 10.1 Å². The van der Waals surface area contributed by atoms with Gasteiger partial charge in [0.25, 0.3) is 5.89 Å². The zero-order chi connectivity index (χ0) is 16.2. The molecule has 7 heteroatoms. The molecule has 2 aromatic rings. The third kappa shape index (κ3) is 3.73. The van der Waals surface area contributed by atoms with Crippen molar-refractivity contribution in [3.8, 4) is 11.4 Å². The van der Waals surface area contributed by atoms with Crippen LogP contribution in [0.15, 0.2) is 27.6 Å². The summed E-state index contributed by atoms with van der Waals surface area (Å²) >= 11 is 1.44. The second-order valence-corrected chi connectivity index (χ2v) is 6.23. The summed E-state index contributed by atoms with van der Waals surface area (Å²) in [5, 5.41) is 3.91. The molecule has 1 aromatic heterocycles. The van der Waals surface area contributed by atoms with Crippen LogP contribution in [0.3, 0.4) is 0 Å². The zero-order valence-electron chi connectivity index (χ0n) is 13.1. The Hall–Kier alpha value is -1.44. The first-order valence-electron chi connectivity index (χ1n) is 7.58. The molecule has 1 aliphatic heterocycles. The number of hydrogen-bond acceptors (Lipinski definition) is 6. The van der Waals surface area contributed by atoms with Gasteiger partial charge in [-0.3, -0.25) is 0 Å². The van der Waals surface area contributed by atoms with E-state index in [0.717, 1.165) is 24.3 Å². The Balaban J connectivity index is 1.72. The van der Waals surface area contributed by atoms with Gasteiger partial charge < -0.3 is 14.0 Å². The van der Waals surface area contributed by atoms with Gasteiger partial charge in [0.1, 0.15) is 11.9 Å². The lowest BCUT2D eigenvalue weighted by Gasteiger charge is -2.13. The van der Waals surface area contributed by atoms with E-state index in [1.54, 1.807) is 6.07 Å². The predicted octanol–water partition coefficient (Wildman–Crippen LogP) is 3.85. The van der Waals surface area contributed by atoms with Gasteiger partial charge in [0.15, 0.2) is 0 Å². The molecular weight excluding hydrogens is 319 g/mol. The molecule has 23 heavy (non-hydrogen) atoms. The van der Waals surface area contributed by atoms with Gasteiger partial charge >= 0.3 is 0 Å². The number of aromatic nitrogens is 2. The standard InChI is InChI=1S/C16H19FN2O3S/c1-10(21-9-11-5-4-8-20-11)16-18-15(19-22-16)14-12(17)6-3-7-13(14)23-2/h3,6-7,10-11H,4-5,8-9H2,1-2H3. The average Bonchev–Trinajstić information content (AvgIpc) is 3.24. The number of hydrogen-bond donors (Lipinski definition) is 0. The highest BCUT2D eigenvalue weighted by Crippen LogP contribution is 2.31. The van der Waals surface area contributed by atoms with E-state index in [0.29, 0.717) is 18.1 Å². The lowest BCUT2D eigenvalue weighted by Crippen LogP contribution is -2.15. The fourth-order valence-corrected chi connectivity index (χ4v) is 3.10. The Bertz CT molecular complexity index is 659. The molecule has 0 saturated carbocycles. The minimum atomic E-state index is -0.364. The molecule has 0 radical (unpaired) electrons. The number of thioether (sulfide) groups is 1. The molecule has 1 fully saturated rings. The second kappa shape index (κ2) is 7.42. The first-order valence-corrected chi connectivity index (χ1v) is 8.81. The van der Waals surface area contributed by atoms with Gasteiger partial charge in [0.05, 0.1) is 18.3 Å². The molecule has 2 atom stereocenters. The summed E-state index contributed by atoms with van der Waals surface area (Å²) < 4.78 is 30.6. The molecule has 0 N–H and O–H groups in total. The van der Waals surface area contributed by atoms with Crippen molar-refractivity contribution in [1.82, 2.24) is 10.1 Å². The number of benzene rings is 1. The van der Waals surface area contributed by atoms with Crippen LogP contribution in [0.1, 0.15) is 31.8 Å². The molecule has 0 spiro atoms. The summed E-state index contributed by atoms with van der Waals surface area (Å²) in [5.41, 5.74) is 0.362. The van der Waals surface area contributed by atoms with Crippen LogP contribution in [-0.2, 0) is 9.47 Å². The monoisotopic (exact) mass is 338 g/mol. The van der Waals surface area contributed by atoms with Gasteiger partial charge in [0, 0.05) is 11.5 Å². The molecule has 1 aliphatic rings. The Labute approximate surface area is 138 Å². The Kier molecular flexibility index (Phi) is 5.30. The SMILES string of the molecule is CSc1cccc(F)c1-c1noc(C(C)OCC2CCCO2)n1. The van der Waals surface area contributed by atoms with Crippen molar-refractivity contribution in [2.24, 2.45) is 0 Å². The molecule has 5 nitrogen and oxygen atoms in total. The van der Waals surface area contributed by atoms with Crippen LogP contribution in [-0.4, -0.2) is 35.7 Å². The number of ether oxygens (including phenoxy) is 2. The zero-order valence-corrected chi connectivity index (χ0v) is 13.9. The van der Waals surface area contributed by atoms with E-state index >= 15 is 0 Å². The van der Waals surface area contributed by atoms with Crippen LogP contribution < -0.4 is 0 Å². The lowest BCUT2D eigenvalue weighted by molar-refractivity contribution is -0.0250. The van der Waals surface area contributed by atoms with E-state index < -0.39 is 0 Å². The fraction of sp³-hybridized carbons (Fsp3) is 0.500. The Morgan fingerprint density at radius 1 is 1.48 bits per heavy atom. The van der Waals surface area contributed by atoms with E-state index in [4.69, 9.17) is 14.0 Å². The van der Waals surface area contributed by atoms with Gasteiger partial charge in [-0.2, -0.15) is 4.98 Å². The van der Waals surface area contributed by atoms with E-state index in [-0.39, 0.29) is 23.8 Å². The van der Waals surface area contributed by atoms with E-state index in [9.17, 15) is 4.39 Å². The van der Waals surface area contributed by atoms with Crippen molar-refractivity contribution in [3.05, 3.63) is 29.9 Å². The number of halogens is 1. The number of rotatable bonds is 6. The quantitative estimate of drug-likeness (QED) is 0.746. The minimum Gasteiger partial charge on any atom is -0.376 e. The molecule has 0 bridgehead atoms. The minimum absolute atomic E-state index is 0.134. The molecule has 0 aliphatic carbocycles. The van der Waals surface area contributed by atoms with Crippen molar-refractivity contribution in [1.29, 1.82) is 0 Å². The second-order valence-electron chi connectivity index (χ2n) is 5.38. The summed E-state index contributed by atoms with van der Waals surface area (Å²) in [6.45, 7) is 3.12. The summed E-state index contributed by atoms with van der Waals surface area (Å²) in [7, 11) is 0. The molecule has 3 rings (SSSR count). The molecule has 124 valence electrons. The van der Waals surface area contributed by atoms with Crippen LogP contribution >= 0.6 is 11.8 Å². The third-order valence-corrected chi connectivity index (χ3v) is 4.54. The predicted molar refractivity (Wildman–Crippen MR) is 84.8 cm³/mol. The largest absolute Gasteiger partial charge is 0.376 e. The first-order chi connectivity index (χ1) is 11.2. The van der Waals surface area contributed by atoms with Crippen LogP contribution in [0.4, 0.5) is 4.39 Å². The highest BCUT2D eigenvalue weighted by atomic mass is 32.2. The van der Waals surface area contributed by atoms with Gasteiger partial charge in [-0.25, -0.2) is 4.39 Å². The van der Waals surface area contributed by atoms with Crippen LogP contribution in [0.5, 0.6) is 0 Å². The Morgan fingerprint density at radius 2 is 2.35 bits per heavy atom. The maximum absolute atomic E-state index is 14.1. The summed E-state index contributed by atoms with van der Waals surface area (Å²) in [4.78, 5) is 5.07. The third-order valence-electron chi connectivity index (χ3n) is 3.76. The highest BCUT2D eigenvalue weighted by molar-refractivity contribution is 7.98. The van der Waals surface area contributed by atoms with E-state index in [1.165, 1.54) is 17.8 Å². The average molecular weight is 338 g/mol. The first kappa shape index (κ1) is 16.4. The van der Waals surface area contributed by atoms with Crippen LogP contribution in [0.25, 0.3) is 11.4 Å². The summed E-state index contributed by atoms with van der Waals surface area (Å²) in [5.74, 6) is 0.223. The van der Waals surface area contributed by atoms with Crippen molar-refractivity contribution in [2.75, 3.05) is 19.5 Å². The molecular formula is C16H19FN2O3S. The van der Waals surface area contributed by atoms with Crippen molar-refractivity contribution in [3.63, 3.8) is 0 Å². The maximum atomic E-state index is 14.1. The molecule has 0 amide bonds. The van der Waals surface area contributed by atoms with Gasteiger partial charge in [-0.15, -0.1) is 11.8 Å². The maximum Gasteiger partial charge on any atom is 0.255 e. The van der Waals surface area contributed by atoms with Crippen molar-refractivity contribution in [2.45, 2.75) is 36.9 Å². The lowest BCUT2D eigenvalue weighted by atomic mass is 10.2. The van der Waals surface area contributed by atoms with Gasteiger partial charge in [-0.1, -0.05) is 11.2 Å². The van der Waals surface area contributed by atoms with Crippen LogP contribution in [0.2, 0.25) is 0 Å². The van der Waals surface area contributed by atoms with Gasteiger partial charge in [-0.05, 0) is 38.2 Å². The van der Waals surface area contributed by atoms with E-state index in [1.807, 2.05) is 19.2 Å². The van der Waals surface area contributed by atoms with Crippen molar-refractivity contribution < 1.29 is 18.4 Å². The normalized spacial score (nSPS) is 19.2. The summed E-state index contributed by atoms with van der Waals surface area (Å²) in [6, 6.07) is 4.89. The molecule has 1 saturated heterocycles. The van der Waals surface area contributed by atoms with Gasteiger partial charge in [0.2, 0.25) is 5.82 Å². The van der Waals surface area contributed by atoms with Crippen LogP contribution in [0, 0.1) is 5.82 Å². The molecule has 2 heterocycles. The molecule has 1 aromatic carbocycles. The summed E-state index contributed by atoms with van der Waals surface area (Å²) in [6.07, 6.45) is 3.73. The topological polar surface area (TPSA) is 57.4 Å².